The molecule has 0 aromatic carbocycles. The number of nitrogens with zero attached hydrogens (tertiary/aromatic N) is 3. The smallest absolute Gasteiger partial charge is 0.341 e. The Bertz CT molecular complexity index is 834. The van der Waals surface area contributed by atoms with E-state index in [-0.39, 0.29) is 5.56 Å². The zero-order valence-corrected chi connectivity index (χ0v) is 15.1. The third kappa shape index (κ3) is 3.37. The van der Waals surface area contributed by atoms with E-state index < -0.39 is 11.4 Å². The number of aromatic carboxylic acids is 1. The Hall–Kier alpha value is -1.73. The summed E-state index contributed by atoms with van der Waals surface area (Å²) in [6, 6.07) is 1.60. The van der Waals surface area contributed by atoms with Crippen molar-refractivity contribution in [2.45, 2.75) is 26.3 Å². The highest BCUT2D eigenvalue weighted by Gasteiger charge is 2.23. The summed E-state index contributed by atoms with van der Waals surface area (Å²) >= 11 is 3.25. The van der Waals surface area contributed by atoms with Gasteiger partial charge in [-0.3, -0.25) is 4.79 Å². The van der Waals surface area contributed by atoms with E-state index in [0.717, 1.165) is 32.5 Å². The van der Waals surface area contributed by atoms with Crippen LogP contribution in [0.25, 0.3) is 10.9 Å². The Balaban J connectivity index is 1.99. The van der Waals surface area contributed by atoms with Crippen LogP contribution in [-0.4, -0.2) is 45.2 Å². The van der Waals surface area contributed by atoms with E-state index in [2.05, 4.69) is 32.7 Å². The predicted octanol–water partition coefficient (Wildman–Crippen LogP) is 2.59. The number of pyridine rings is 2. The number of likely N-dealkylation sites (tertiary alicyclic amines) is 1. The first kappa shape index (κ1) is 17.1. The van der Waals surface area contributed by atoms with Crippen LogP contribution >= 0.6 is 15.9 Å². The van der Waals surface area contributed by atoms with Crippen LogP contribution < -0.4 is 5.43 Å². The van der Waals surface area contributed by atoms with Gasteiger partial charge in [0, 0.05) is 19.3 Å². The molecule has 1 N–H and O–H groups in total. The van der Waals surface area contributed by atoms with Crippen molar-refractivity contribution in [3.05, 3.63) is 38.9 Å². The fourth-order valence-electron chi connectivity index (χ4n) is 3.43. The molecule has 0 unspecified atom stereocenters. The van der Waals surface area contributed by atoms with Crippen LogP contribution in [0, 0.1) is 5.92 Å². The van der Waals surface area contributed by atoms with E-state index in [9.17, 15) is 14.7 Å². The number of fused-ring (bicyclic) bond motifs is 1. The molecular weight excluding hydrogens is 374 g/mol. The molecule has 1 fully saturated rings. The van der Waals surface area contributed by atoms with Gasteiger partial charge in [-0.25, -0.2) is 9.78 Å². The van der Waals surface area contributed by atoms with Crippen LogP contribution in [0.1, 0.15) is 30.1 Å². The fourth-order valence-corrected chi connectivity index (χ4v) is 3.76. The number of halogens is 1. The maximum Gasteiger partial charge on any atom is 0.341 e. The molecule has 0 bridgehead atoms. The first-order chi connectivity index (χ1) is 11.5. The molecule has 0 amide bonds. The average molecular weight is 394 g/mol. The highest BCUT2D eigenvalue weighted by Crippen LogP contribution is 2.22. The van der Waals surface area contributed by atoms with Gasteiger partial charge in [0.1, 0.15) is 10.2 Å². The van der Waals surface area contributed by atoms with Crippen LogP contribution in [0.15, 0.2) is 27.9 Å². The average Bonchev–Trinajstić information content (AvgIpc) is 2.97. The molecule has 0 radical (unpaired) electrons. The molecule has 3 rings (SSSR count). The van der Waals surface area contributed by atoms with Crippen LogP contribution in [0.5, 0.6) is 0 Å². The maximum atomic E-state index is 12.4. The molecule has 24 heavy (non-hydrogen) atoms. The lowest BCUT2D eigenvalue weighted by Gasteiger charge is -2.18. The zero-order valence-electron chi connectivity index (χ0n) is 13.5. The highest BCUT2D eigenvalue weighted by molar-refractivity contribution is 9.10. The Morgan fingerprint density at radius 2 is 2.29 bits per heavy atom. The number of aromatic nitrogens is 2. The van der Waals surface area contributed by atoms with Gasteiger partial charge in [0.15, 0.2) is 0 Å². The molecular formula is C17H20BrN3O3. The molecule has 7 heteroatoms. The van der Waals surface area contributed by atoms with Crippen LogP contribution in [0.4, 0.5) is 0 Å². The number of carboxylic acids is 1. The van der Waals surface area contributed by atoms with Gasteiger partial charge in [-0.05, 0) is 53.8 Å². The molecule has 1 aliphatic rings. The third-order valence-corrected chi connectivity index (χ3v) is 4.96. The van der Waals surface area contributed by atoms with Crippen LogP contribution in [0.3, 0.4) is 0 Å². The van der Waals surface area contributed by atoms with Crippen molar-refractivity contribution in [3.8, 4) is 0 Å². The Morgan fingerprint density at radius 3 is 3.00 bits per heavy atom. The first-order valence-corrected chi connectivity index (χ1v) is 8.93. The molecule has 0 aliphatic carbocycles. The van der Waals surface area contributed by atoms with Crippen molar-refractivity contribution in [2.24, 2.45) is 5.92 Å². The monoisotopic (exact) mass is 393 g/mol. The topological polar surface area (TPSA) is 75.4 Å². The summed E-state index contributed by atoms with van der Waals surface area (Å²) in [5.41, 5.74) is 0.0297. The van der Waals surface area contributed by atoms with Crippen molar-refractivity contribution in [2.75, 3.05) is 19.6 Å². The molecule has 0 spiro atoms. The second-order valence-corrected chi connectivity index (χ2v) is 7.12. The molecule has 1 atom stereocenters. The molecule has 2 aromatic rings. The highest BCUT2D eigenvalue weighted by atomic mass is 79.9. The molecule has 6 nitrogen and oxygen atoms in total. The van der Waals surface area contributed by atoms with Gasteiger partial charge in [-0.2, -0.15) is 0 Å². The first-order valence-electron chi connectivity index (χ1n) is 8.14. The number of rotatable bonds is 5. The minimum Gasteiger partial charge on any atom is -0.477 e. The predicted molar refractivity (Wildman–Crippen MR) is 95.5 cm³/mol. The molecule has 0 saturated carbocycles. The van der Waals surface area contributed by atoms with E-state index in [1.807, 2.05) is 4.57 Å². The number of carboxylic acid groups (broad SMARTS) is 1. The SMILES string of the molecule is CCCN1CC[C@H](Cn2cc(C(=O)O)c(=O)c3cc(Br)ncc32)C1. The second-order valence-electron chi connectivity index (χ2n) is 6.31. The molecule has 3 heterocycles. The van der Waals surface area contributed by atoms with Gasteiger partial charge >= 0.3 is 5.97 Å². The summed E-state index contributed by atoms with van der Waals surface area (Å²) in [5.74, 6) is -0.741. The van der Waals surface area contributed by atoms with E-state index >= 15 is 0 Å². The number of carbonyl (C=O) groups is 1. The summed E-state index contributed by atoms with van der Waals surface area (Å²) in [6.45, 7) is 6.04. The van der Waals surface area contributed by atoms with E-state index in [1.165, 1.54) is 6.20 Å². The van der Waals surface area contributed by atoms with Crippen LogP contribution in [0.2, 0.25) is 0 Å². The minimum atomic E-state index is -1.19. The van der Waals surface area contributed by atoms with Crippen molar-refractivity contribution >= 4 is 32.8 Å². The summed E-state index contributed by atoms with van der Waals surface area (Å²) in [7, 11) is 0. The largest absolute Gasteiger partial charge is 0.477 e. The van der Waals surface area contributed by atoms with Gasteiger partial charge in [0.05, 0.1) is 17.1 Å². The summed E-state index contributed by atoms with van der Waals surface area (Å²) in [6.07, 6.45) is 5.31. The number of hydrogen-bond donors (Lipinski definition) is 1. The Kier molecular flexibility index (Phi) is 5.01. The van der Waals surface area contributed by atoms with Gasteiger partial charge in [0.25, 0.3) is 0 Å². The van der Waals surface area contributed by atoms with Gasteiger partial charge in [0.2, 0.25) is 5.43 Å². The fraction of sp³-hybridized carbons (Fsp3) is 0.471. The molecule has 128 valence electrons. The van der Waals surface area contributed by atoms with Crippen molar-refractivity contribution < 1.29 is 9.90 Å². The van der Waals surface area contributed by atoms with Crippen LogP contribution in [-0.2, 0) is 6.54 Å². The van der Waals surface area contributed by atoms with E-state index in [1.54, 1.807) is 12.3 Å². The summed E-state index contributed by atoms with van der Waals surface area (Å²) in [4.78, 5) is 30.5. The Morgan fingerprint density at radius 1 is 1.50 bits per heavy atom. The lowest BCUT2D eigenvalue weighted by molar-refractivity contribution is 0.0694. The van der Waals surface area contributed by atoms with Crippen molar-refractivity contribution in [1.82, 2.24) is 14.5 Å². The standard InChI is InChI=1S/C17H20BrN3O3/c1-2-4-20-5-3-11(8-20)9-21-10-13(17(23)24)16(22)12-6-15(18)19-7-14(12)21/h6-7,10-11H,2-5,8-9H2,1H3,(H,23,24)/t11-/m0/s1. The minimum absolute atomic E-state index is 0.191. The van der Waals surface area contributed by atoms with Crippen molar-refractivity contribution in [1.29, 1.82) is 0 Å². The van der Waals surface area contributed by atoms with E-state index in [4.69, 9.17) is 0 Å². The van der Waals surface area contributed by atoms with Crippen molar-refractivity contribution in [3.63, 3.8) is 0 Å². The maximum absolute atomic E-state index is 12.4. The van der Waals surface area contributed by atoms with E-state index in [0.29, 0.717) is 28.0 Å². The molecule has 2 aromatic heterocycles. The second kappa shape index (κ2) is 7.03. The molecule has 1 aliphatic heterocycles. The molecule has 1 saturated heterocycles. The summed E-state index contributed by atoms with van der Waals surface area (Å²) < 4.78 is 2.40. The van der Waals surface area contributed by atoms with Gasteiger partial charge < -0.3 is 14.6 Å². The van der Waals surface area contributed by atoms with Gasteiger partial charge in [-0.15, -0.1) is 0 Å². The summed E-state index contributed by atoms with van der Waals surface area (Å²) in [5, 5.41) is 9.73. The Labute approximate surface area is 148 Å². The third-order valence-electron chi connectivity index (χ3n) is 4.53. The lowest BCUT2D eigenvalue weighted by Crippen LogP contribution is -2.24. The van der Waals surface area contributed by atoms with Gasteiger partial charge in [-0.1, -0.05) is 6.92 Å². The lowest BCUT2D eigenvalue weighted by atomic mass is 10.1. The normalized spacial score (nSPS) is 18.3. The zero-order chi connectivity index (χ0) is 17.3. The quantitative estimate of drug-likeness (QED) is 0.790. The number of hydrogen-bond acceptors (Lipinski definition) is 4.